The van der Waals surface area contributed by atoms with E-state index in [-0.39, 0.29) is 18.0 Å². The van der Waals surface area contributed by atoms with Crippen LogP contribution in [0.2, 0.25) is 0 Å². The summed E-state index contributed by atoms with van der Waals surface area (Å²) in [5.41, 5.74) is 2.52. The molecular weight excluding hydrogens is 385 g/mol. The van der Waals surface area contributed by atoms with Crippen molar-refractivity contribution in [2.24, 2.45) is 0 Å². The van der Waals surface area contributed by atoms with E-state index < -0.39 is 5.97 Å². The molecule has 6 heteroatoms. The predicted octanol–water partition coefficient (Wildman–Crippen LogP) is 5.18. The van der Waals surface area contributed by atoms with Crippen LogP contribution >= 0.6 is 0 Å². The normalized spacial score (nSPS) is 10.9. The predicted molar refractivity (Wildman–Crippen MR) is 111 cm³/mol. The molecule has 0 aliphatic heterocycles. The molecule has 0 bridgehead atoms. The number of hydrogen-bond donors (Lipinski definition) is 1. The van der Waals surface area contributed by atoms with Gasteiger partial charge in [-0.15, -0.1) is 0 Å². The van der Waals surface area contributed by atoms with Crippen molar-refractivity contribution in [3.05, 3.63) is 94.8 Å². The summed E-state index contributed by atoms with van der Waals surface area (Å²) in [6.45, 7) is 0.180. The third-order valence-corrected chi connectivity index (χ3v) is 4.39. The minimum atomic E-state index is -0.996. The number of hydrogen-bond acceptors (Lipinski definition) is 4. The number of ether oxygens (including phenoxy) is 2. The van der Waals surface area contributed by atoms with E-state index in [1.807, 2.05) is 0 Å². The molecular formula is C24H18FNO4. The van der Waals surface area contributed by atoms with Crippen molar-refractivity contribution in [1.29, 1.82) is 5.26 Å². The zero-order chi connectivity index (χ0) is 21.5. The van der Waals surface area contributed by atoms with Crippen LogP contribution in [-0.4, -0.2) is 18.2 Å². The van der Waals surface area contributed by atoms with Crippen molar-refractivity contribution >= 4 is 17.6 Å². The van der Waals surface area contributed by atoms with Gasteiger partial charge in [-0.05, 0) is 47.5 Å². The second-order valence-corrected chi connectivity index (χ2v) is 6.35. The second-order valence-electron chi connectivity index (χ2n) is 6.35. The average Bonchev–Trinajstić information content (AvgIpc) is 2.77. The van der Waals surface area contributed by atoms with E-state index in [9.17, 15) is 14.4 Å². The Morgan fingerprint density at radius 1 is 1.07 bits per heavy atom. The Labute approximate surface area is 173 Å². The third-order valence-electron chi connectivity index (χ3n) is 4.39. The lowest BCUT2D eigenvalue weighted by atomic mass is 10.0. The van der Waals surface area contributed by atoms with E-state index >= 15 is 0 Å². The largest absolute Gasteiger partial charge is 0.493 e. The highest BCUT2D eigenvalue weighted by Gasteiger charge is 2.12. The molecule has 0 aromatic heterocycles. The molecule has 150 valence electrons. The summed E-state index contributed by atoms with van der Waals surface area (Å²) in [4.78, 5) is 11.0. The van der Waals surface area contributed by atoms with E-state index in [0.717, 1.165) is 5.56 Å². The third kappa shape index (κ3) is 4.83. The smallest absolute Gasteiger partial charge is 0.335 e. The van der Waals surface area contributed by atoms with Crippen LogP contribution in [0.25, 0.3) is 11.6 Å². The number of aromatic carboxylic acids is 1. The quantitative estimate of drug-likeness (QED) is 0.435. The number of nitriles is 1. The fraction of sp³-hybridized carbons (Fsp3) is 0.0833. The summed E-state index contributed by atoms with van der Waals surface area (Å²) in [6, 6.07) is 19.5. The molecule has 0 atom stereocenters. The van der Waals surface area contributed by atoms with Crippen molar-refractivity contribution in [1.82, 2.24) is 0 Å². The first-order valence-corrected chi connectivity index (χ1v) is 9.01. The fourth-order valence-corrected chi connectivity index (χ4v) is 2.83. The molecule has 0 aliphatic rings. The molecule has 0 saturated carbocycles. The van der Waals surface area contributed by atoms with Crippen molar-refractivity contribution in [3.8, 4) is 17.6 Å². The SMILES string of the molecule is COc1cccc(/C=C(/C#N)c2ccc(F)cc2)c1OCc1ccc(C(=O)O)cc1. The van der Waals surface area contributed by atoms with E-state index in [4.69, 9.17) is 14.6 Å². The molecule has 0 fully saturated rings. The molecule has 3 aromatic carbocycles. The molecule has 0 spiro atoms. The number of benzene rings is 3. The second kappa shape index (κ2) is 9.39. The molecule has 0 heterocycles. The van der Waals surface area contributed by atoms with Gasteiger partial charge in [0.15, 0.2) is 11.5 Å². The zero-order valence-electron chi connectivity index (χ0n) is 16.1. The van der Waals surface area contributed by atoms with Gasteiger partial charge in [0.05, 0.1) is 24.3 Å². The standard InChI is InChI=1S/C24H18FNO4/c1-29-22-4-2-3-19(13-20(14-26)17-9-11-21(25)12-10-17)23(22)30-15-16-5-7-18(8-6-16)24(27)28/h2-13H,15H2,1H3,(H,27,28)/b20-13-. The molecule has 0 aliphatic carbocycles. The van der Waals surface area contributed by atoms with Gasteiger partial charge in [-0.2, -0.15) is 5.26 Å². The summed E-state index contributed by atoms with van der Waals surface area (Å²) in [5.74, 6) is -0.445. The van der Waals surface area contributed by atoms with Gasteiger partial charge in [-0.3, -0.25) is 0 Å². The topological polar surface area (TPSA) is 79.5 Å². The monoisotopic (exact) mass is 403 g/mol. The lowest BCUT2D eigenvalue weighted by Crippen LogP contribution is -2.01. The van der Waals surface area contributed by atoms with Gasteiger partial charge in [-0.25, -0.2) is 9.18 Å². The Kier molecular flexibility index (Phi) is 6.46. The van der Waals surface area contributed by atoms with E-state index in [1.54, 1.807) is 36.4 Å². The van der Waals surface area contributed by atoms with Gasteiger partial charge < -0.3 is 14.6 Å². The number of halogens is 1. The van der Waals surface area contributed by atoms with Crippen LogP contribution < -0.4 is 9.47 Å². The van der Waals surface area contributed by atoms with Crippen LogP contribution in [0.1, 0.15) is 27.0 Å². The lowest BCUT2D eigenvalue weighted by molar-refractivity contribution is 0.0697. The van der Waals surface area contributed by atoms with Crippen LogP contribution in [-0.2, 0) is 6.61 Å². The highest BCUT2D eigenvalue weighted by Crippen LogP contribution is 2.34. The first-order chi connectivity index (χ1) is 14.5. The van der Waals surface area contributed by atoms with Gasteiger partial charge in [0.1, 0.15) is 12.4 Å². The molecule has 3 aromatic rings. The molecule has 0 radical (unpaired) electrons. The Morgan fingerprint density at radius 2 is 1.73 bits per heavy atom. The highest BCUT2D eigenvalue weighted by atomic mass is 19.1. The highest BCUT2D eigenvalue weighted by molar-refractivity contribution is 5.91. The van der Waals surface area contributed by atoms with Gasteiger partial charge in [0.2, 0.25) is 0 Å². The Hall–Kier alpha value is -4.11. The van der Waals surface area contributed by atoms with Gasteiger partial charge in [-0.1, -0.05) is 36.4 Å². The van der Waals surface area contributed by atoms with Crippen LogP contribution in [0.5, 0.6) is 11.5 Å². The zero-order valence-corrected chi connectivity index (χ0v) is 16.1. The fourth-order valence-electron chi connectivity index (χ4n) is 2.83. The minimum Gasteiger partial charge on any atom is -0.493 e. The number of nitrogens with zero attached hydrogens (tertiary/aromatic N) is 1. The van der Waals surface area contributed by atoms with Gasteiger partial charge in [0, 0.05) is 5.56 Å². The van der Waals surface area contributed by atoms with Crippen LogP contribution in [0.3, 0.4) is 0 Å². The molecule has 5 nitrogen and oxygen atoms in total. The maximum absolute atomic E-state index is 13.2. The van der Waals surface area contributed by atoms with Crippen molar-refractivity contribution in [2.45, 2.75) is 6.61 Å². The Balaban J connectivity index is 1.91. The molecule has 3 rings (SSSR count). The molecule has 1 N–H and O–H groups in total. The van der Waals surface area contributed by atoms with Crippen LogP contribution in [0.4, 0.5) is 4.39 Å². The number of carboxylic acid groups (broad SMARTS) is 1. The maximum Gasteiger partial charge on any atom is 0.335 e. The average molecular weight is 403 g/mol. The number of para-hydroxylation sites is 1. The molecule has 0 amide bonds. The van der Waals surface area contributed by atoms with E-state index in [2.05, 4.69) is 6.07 Å². The summed E-state index contributed by atoms with van der Waals surface area (Å²) in [5, 5.41) is 18.6. The lowest BCUT2D eigenvalue weighted by Gasteiger charge is -2.14. The van der Waals surface area contributed by atoms with Crippen LogP contribution in [0, 0.1) is 17.1 Å². The minimum absolute atomic E-state index is 0.180. The molecule has 30 heavy (non-hydrogen) atoms. The number of rotatable bonds is 7. The first-order valence-electron chi connectivity index (χ1n) is 9.01. The summed E-state index contributed by atoms with van der Waals surface area (Å²) >= 11 is 0. The van der Waals surface area contributed by atoms with Crippen molar-refractivity contribution in [3.63, 3.8) is 0 Å². The molecule has 0 unspecified atom stereocenters. The first kappa shape index (κ1) is 20.6. The number of allylic oxidation sites excluding steroid dienone is 1. The summed E-state index contributed by atoms with van der Waals surface area (Å²) in [6.07, 6.45) is 1.65. The van der Waals surface area contributed by atoms with Crippen molar-refractivity contribution < 1.29 is 23.8 Å². The number of carboxylic acids is 1. The van der Waals surface area contributed by atoms with E-state index in [1.165, 1.54) is 43.5 Å². The number of methoxy groups -OCH3 is 1. The maximum atomic E-state index is 13.2. The van der Waals surface area contributed by atoms with E-state index in [0.29, 0.717) is 28.2 Å². The van der Waals surface area contributed by atoms with Gasteiger partial charge >= 0.3 is 5.97 Å². The summed E-state index contributed by atoms with van der Waals surface area (Å²) < 4.78 is 24.6. The van der Waals surface area contributed by atoms with Crippen LogP contribution in [0.15, 0.2) is 66.7 Å². The van der Waals surface area contributed by atoms with Crippen molar-refractivity contribution in [2.75, 3.05) is 7.11 Å². The molecule has 0 saturated heterocycles. The number of carbonyl (C=O) groups is 1. The summed E-state index contributed by atoms with van der Waals surface area (Å²) in [7, 11) is 1.52. The Bertz CT molecular complexity index is 1110. The van der Waals surface area contributed by atoms with Gasteiger partial charge in [0.25, 0.3) is 0 Å². The Morgan fingerprint density at radius 3 is 2.33 bits per heavy atom.